The third-order valence-corrected chi connectivity index (χ3v) is 5.19. The largest absolute Gasteiger partial charge is 0.459 e. The predicted molar refractivity (Wildman–Crippen MR) is 100 cm³/mol. The van der Waals surface area contributed by atoms with Gasteiger partial charge in [-0.3, -0.25) is 9.79 Å². The van der Waals surface area contributed by atoms with Crippen LogP contribution in [0.2, 0.25) is 0 Å². The zero-order valence-electron chi connectivity index (χ0n) is 14.6. The molecule has 1 atom stereocenters. The van der Waals surface area contributed by atoms with Gasteiger partial charge in [0.15, 0.2) is 11.7 Å². The van der Waals surface area contributed by atoms with Gasteiger partial charge in [0.05, 0.1) is 6.26 Å². The van der Waals surface area contributed by atoms with E-state index in [0.717, 1.165) is 25.6 Å². The fraction of sp³-hybridized carbons (Fsp3) is 0.444. The van der Waals surface area contributed by atoms with Crippen molar-refractivity contribution in [2.45, 2.75) is 12.8 Å². The van der Waals surface area contributed by atoms with Gasteiger partial charge in [-0.15, -0.1) is 0 Å². The summed E-state index contributed by atoms with van der Waals surface area (Å²) in [5, 5.41) is 7.75. The fourth-order valence-corrected chi connectivity index (χ4v) is 3.71. The Morgan fingerprint density at radius 3 is 2.68 bits per heavy atom. The van der Waals surface area contributed by atoms with E-state index in [9.17, 15) is 4.79 Å². The molecule has 0 saturated carbocycles. The minimum absolute atomic E-state index is 0.0429. The van der Waals surface area contributed by atoms with E-state index in [1.54, 1.807) is 30.5 Å². The number of piperazine rings is 1. The molecule has 0 spiro atoms. The number of hydrogen-bond acceptors (Lipinski definition) is 4. The highest BCUT2D eigenvalue weighted by molar-refractivity contribution is 7.07. The molecule has 0 aromatic carbocycles. The first-order valence-corrected chi connectivity index (χ1v) is 9.43. The summed E-state index contributed by atoms with van der Waals surface area (Å²) in [4.78, 5) is 20.7. The first kappa shape index (κ1) is 17.5. The highest BCUT2D eigenvalue weighted by atomic mass is 32.1. The smallest absolute Gasteiger partial charge is 0.289 e. The van der Waals surface area contributed by atoms with E-state index in [4.69, 9.17) is 4.42 Å². The van der Waals surface area contributed by atoms with Crippen molar-refractivity contribution in [1.82, 2.24) is 15.1 Å². The van der Waals surface area contributed by atoms with Crippen LogP contribution in [0.3, 0.4) is 0 Å². The van der Waals surface area contributed by atoms with Crippen molar-refractivity contribution in [2.75, 3.05) is 39.8 Å². The average molecular weight is 360 g/mol. The summed E-state index contributed by atoms with van der Waals surface area (Å²) in [6.07, 6.45) is 1.53. The molecule has 2 aromatic heterocycles. The van der Waals surface area contributed by atoms with Gasteiger partial charge in [0.1, 0.15) is 0 Å². The number of carbonyl (C=O) groups is 1. The molecule has 1 saturated heterocycles. The number of guanidine groups is 1. The number of furan rings is 1. The quantitative estimate of drug-likeness (QED) is 0.672. The standard InChI is InChI=1S/C18H24N4O2S/c1-14(15-5-11-25-13-15)12-20-18(19-2)22-8-6-21(7-9-22)17(23)16-4-3-10-24-16/h3-5,10-11,13-14H,6-9,12H2,1-2H3,(H,19,20). The Bertz CT molecular complexity index is 689. The van der Waals surface area contributed by atoms with E-state index in [-0.39, 0.29) is 5.91 Å². The van der Waals surface area contributed by atoms with Crippen LogP contribution < -0.4 is 5.32 Å². The summed E-state index contributed by atoms with van der Waals surface area (Å²) in [5.41, 5.74) is 1.35. The number of thiophene rings is 1. The van der Waals surface area contributed by atoms with Gasteiger partial charge in [0, 0.05) is 39.8 Å². The van der Waals surface area contributed by atoms with E-state index in [1.165, 1.54) is 11.8 Å². The second kappa shape index (κ2) is 8.20. The molecule has 3 heterocycles. The molecule has 1 N–H and O–H groups in total. The van der Waals surface area contributed by atoms with Crippen molar-refractivity contribution in [3.63, 3.8) is 0 Å². The van der Waals surface area contributed by atoms with Crippen molar-refractivity contribution in [2.24, 2.45) is 4.99 Å². The highest BCUT2D eigenvalue weighted by Gasteiger charge is 2.25. The van der Waals surface area contributed by atoms with Crippen LogP contribution in [0.4, 0.5) is 0 Å². The molecule has 1 aliphatic heterocycles. The Kier molecular flexibility index (Phi) is 5.75. The summed E-state index contributed by atoms with van der Waals surface area (Å²) < 4.78 is 5.20. The highest BCUT2D eigenvalue weighted by Crippen LogP contribution is 2.17. The second-order valence-corrected chi connectivity index (χ2v) is 6.92. The molecule has 1 amide bonds. The molecular formula is C18H24N4O2S. The number of nitrogens with one attached hydrogen (secondary N) is 1. The van der Waals surface area contributed by atoms with Crippen LogP contribution in [-0.2, 0) is 0 Å². The van der Waals surface area contributed by atoms with Gasteiger partial charge in [-0.25, -0.2) is 0 Å². The topological polar surface area (TPSA) is 61.1 Å². The minimum atomic E-state index is -0.0429. The third kappa shape index (κ3) is 4.22. The summed E-state index contributed by atoms with van der Waals surface area (Å²) in [6, 6.07) is 5.61. The van der Waals surface area contributed by atoms with Crippen LogP contribution in [0.1, 0.15) is 29.0 Å². The Morgan fingerprint density at radius 1 is 1.32 bits per heavy atom. The van der Waals surface area contributed by atoms with Crippen LogP contribution >= 0.6 is 11.3 Å². The van der Waals surface area contributed by atoms with Crippen molar-refractivity contribution in [3.05, 3.63) is 46.5 Å². The molecule has 3 rings (SSSR count). The maximum atomic E-state index is 12.3. The number of aliphatic imine (C=N–C) groups is 1. The third-order valence-electron chi connectivity index (χ3n) is 4.49. The lowest BCUT2D eigenvalue weighted by molar-refractivity contribution is 0.0657. The van der Waals surface area contributed by atoms with Crippen LogP contribution in [0.15, 0.2) is 44.6 Å². The summed E-state index contributed by atoms with van der Waals surface area (Å²) in [5.74, 6) is 1.69. The van der Waals surface area contributed by atoms with E-state index in [0.29, 0.717) is 24.8 Å². The van der Waals surface area contributed by atoms with Crippen molar-refractivity contribution in [3.8, 4) is 0 Å². The fourth-order valence-electron chi connectivity index (χ4n) is 2.93. The second-order valence-electron chi connectivity index (χ2n) is 6.14. The van der Waals surface area contributed by atoms with Crippen LogP contribution in [0.25, 0.3) is 0 Å². The molecular weight excluding hydrogens is 336 g/mol. The average Bonchev–Trinajstić information content (AvgIpc) is 3.35. The summed E-state index contributed by atoms with van der Waals surface area (Å²) >= 11 is 1.72. The number of amides is 1. The lowest BCUT2D eigenvalue weighted by Gasteiger charge is -2.36. The molecule has 0 bridgehead atoms. The van der Waals surface area contributed by atoms with E-state index >= 15 is 0 Å². The number of nitrogens with zero attached hydrogens (tertiary/aromatic N) is 3. The number of carbonyl (C=O) groups excluding carboxylic acids is 1. The maximum Gasteiger partial charge on any atom is 0.289 e. The van der Waals surface area contributed by atoms with Gasteiger partial charge in [-0.1, -0.05) is 6.92 Å². The summed E-state index contributed by atoms with van der Waals surface area (Å²) in [6.45, 7) is 5.91. The Hall–Kier alpha value is -2.28. The number of rotatable bonds is 4. The lowest BCUT2D eigenvalue weighted by atomic mass is 10.1. The van der Waals surface area contributed by atoms with Gasteiger partial charge in [0.2, 0.25) is 0 Å². The molecule has 6 nitrogen and oxygen atoms in total. The Labute approximate surface area is 152 Å². The van der Waals surface area contributed by atoms with Gasteiger partial charge < -0.3 is 19.5 Å². The Balaban J connectivity index is 1.49. The van der Waals surface area contributed by atoms with Crippen molar-refractivity contribution >= 4 is 23.2 Å². The molecule has 0 radical (unpaired) electrons. The van der Waals surface area contributed by atoms with Gasteiger partial charge >= 0.3 is 0 Å². The molecule has 25 heavy (non-hydrogen) atoms. The van der Waals surface area contributed by atoms with Crippen LogP contribution in [-0.4, -0.2) is 61.4 Å². The van der Waals surface area contributed by atoms with Crippen LogP contribution in [0.5, 0.6) is 0 Å². The minimum Gasteiger partial charge on any atom is -0.459 e. The van der Waals surface area contributed by atoms with Crippen molar-refractivity contribution in [1.29, 1.82) is 0 Å². The number of hydrogen-bond donors (Lipinski definition) is 1. The molecule has 7 heteroatoms. The van der Waals surface area contributed by atoms with Crippen molar-refractivity contribution < 1.29 is 9.21 Å². The first-order valence-electron chi connectivity index (χ1n) is 8.49. The molecule has 1 unspecified atom stereocenters. The first-order chi connectivity index (χ1) is 12.2. The normalized spacial score (nSPS) is 16.8. The van der Waals surface area contributed by atoms with Gasteiger partial charge in [0.25, 0.3) is 5.91 Å². The van der Waals surface area contributed by atoms with Gasteiger partial charge in [-0.2, -0.15) is 11.3 Å². The molecule has 2 aromatic rings. The SMILES string of the molecule is CN=C(NCC(C)c1ccsc1)N1CCN(C(=O)c2ccco2)CC1. The van der Waals surface area contributed by atoms with Crippen LogP contribution in [0, 0.1) is 0 Å². The van der Waals surface area contributed by atoms with E-state index in [2.05, 4.69) is 39.0 Å². The predicted octanol–water partition coefficient (Wildman–Crippen LogP) is 2.48. The Morgan fingerprint density at radius 2 is 2.08 bits per heavy atom. The lowest BCUT2D eigenvalue weighted by Crippen LogP contribution is -2.54. The molecule has 1 fully saturated rings. The zero-order chi connectivity index (χ0) is 17.6. The maximum absolute atomic E-state index is 12.3. The molecule has 134 valence electrons. The molecule has 1 aliphatic rings. The zero-order valence-corrected chi connectivity index (χ0v) is 15.5. The van der Waals surface area contributed by atoms with E-state index < -0.39 is 0 Å². The monoisotopic (exact) mass is 360 g/mol. The van der Waals surface area contributed by atoms with Gasteiger partial charge in [-0.05, 0) is 40.4 Å². The van der Waals surface area contributed by atoms with E-state index in [1.807, 2.05) is 4.90 Å². The molecule has 0 aliphatic carbocycles. The summed E-state index contributed by atoms with van der Waals surface area (Å²) in [7, 11) is 1.80.